The summed E-state index contributed by atoms with van der Waals surface area (Å²) in [6.45, 7) is 12.9. The van der Waals surface area contributed by atoms with Crippen LogP contribution < -0.4 is 0 Å². The zero-order chi connectivity index (χ0) is 36.0. The summed E-state index contributed by atoms with van der Waals surface area (Å²) in [5, 5.41) is 50.5. The number of benzene rings is 2. The molecule has 2 fully saturated rings. The summed E-state index contributed by atoms with van der Waals surface area (Å²) in [4.78, 5) is 49.0. The number of aryl methyl sites for hydroxylation is 3. The molecule has 0 spiro atoms. The van der Waals surface area contributed by atoms with Crippen molar-refractivity contribution in [3.05, 3.63) is 96.6 Å². The van der Waals surface area contributed by atoms with E-state index in [0.29, 0.717) is 31.2 Å². The summed E-state index contributed by atoms with van der Waals surface area (Å²) in [5.41, 5.74) is 2.93. The zero-order valence-corrected chi connectivity index (χ0v) is 27.2. The molecule has 47 heavy (non-hydrogen) atoms. The number of aliphatic hydroxyl groups excluding tert-OH is 2. The van der Waals surface area contributed by atoms with Crippen LogP contribution in [0.25, 0.3) is 0 Å². The van der Waals surface area contributed by atoms with E-state index in [2.05, 4.69) is 13.2 Å². The zero-order valence-electron chi connectivity index (χ0n) is 26.4. The molecule has 256 valence electrons. The van der Waals surface area contributed by atoms with Gasteiger partial charge in [0.1, 0.15) is 16.9 Å². The van der Waals surface area contributed by atoms with Crippen LogP contribution in [0.2, 0.25) is 0 Å². The largest absolute Gasteiger partial charge is 0.507 e. The maximum Gasteiger partial charge on any atom is 0.285 e. The number of carbonyl (C=O) groups excluding carboxylic acids is 2. The second-order valence-electron chi connectivity index (χ2n) is 11.3. The highest BCUT2D eigenvalue weighted by atomic mass is 32.2. The van der Waals surface area contributed by atoms with Gasteiger partial charge in [-0.3, -0.25) is 34.4 Å². The highest BCUT2D eigenvalue weighted by molar-refractivity contribution is 7.85. The van der Waals surface area contributed by atoms with Gasteiger partial charge in [0.2, 0.25) is 0 Å². The van der Waals surface area contributed by atoms with Crippen LogP contribution >= 0.6 is 0 Å². The molecule has 0 bridgehead atoms. The summed E-state index contributed by atoms with van der Waals surface area (Å²) < 4.78 is 25.9. The van der Waals surface area contributed by atoms with E-state index >= 15 is 0 Å². The molecule has 2 saturated heterocycles. The van der Waals surface area contributed by atoms with Crippen molar-refractivity contribution in [1.29, 1.82) is 0 Å². The molecule has 2 aromatic rings. The van der Waals surface area contributed by atoms with Gasteiger partial charge in [0.05, 0.1) is 47.5 Å². The number of nitro benzene ring substituents is 2. The van der Waals surface area contributed by atoms with E-state index in [1.54, 1.807) is 19.9 Å². The number of phenols is 1. The van der Waals surface area contributed by atoms with Gasteiger partial charge in [-0.05, 0) is 62.4 Å². The molecule has 2 aliphatic heterocycles. The molecule has 2 heterocycles. The Morgan fingerprint density at radius 3 is 1.51 bits per heavy atom. The summed E-state index contributed by atoms with van der Waals surface area (Å²) in [7, 11) is -3.67. The fourth-order valence-electron chi connectivity index (χ4n) is 5.00. The third kappa shape index (κ3) is 10.1. The third-order valence-electron chi connectivity index (χ3n) is 7.44. The molecule has 0 aromatic heterocycles. The van der Waals surface area contributed by atoms with Crippen LogP contribution in [0.3, 0.4) is 0 Å². The average molecular weight is 679 g/mol. The molecule has 4 rings (SSSR count). The van der Waals surface area contributed by atoms with Crippen LogP contribution in [0.4, 0.5) is 11.4 Å². The van der Waals surface area contributed by atoms with E-state index < -0.39 is 43.5 Å². The summed E-state index contributed by atoms with van der Waals surface area (Å²) >= 11 is 0. The predicted octanol–water partition coefficient (Wildman–Crippen LogP) is 2.85. The van der Waals surface area contributed by atoms with Crippen molar-refractivity contribution >= 4 is 33.3 Å². The fraction of sp³-hybridized carbons (Fsp3) is 0.400. The predicted molar refractivity (Wildman–Crippen MR) is 171 cm³/mol. The Labute approximate surface area is 271 Å². The van der Waals surface area contributed by atoms with Gasteiger partial charge in [0, 0.05) is 19.2 Å². The molecule has 17 heteroatoms. The number of aromatic hydroxyl groups is 1. The molecule has 16 nitrogen and oxygen atoms in total. The summed E-state index contributed by atoms with van der Waals surface area (Å²) in [6, 6.07) is 4.46. The van der Waals surface area contributed by atoms with E-state index in [9.17, 15) is 53.6 Å². The molecule has 2 amide bonds. The normalized spacial score (nSPS) is 17.4. The number of phenolic OH excluding ortho intramolecular Hbond substituents is 1. The topological polar surface area (TPSA) is 242 Å². The van der Waals surface area contributed by atoms with Gasteiger partial charge in [-0.2, -0.15) is 8.42 Å². The molecule has 2 atom stereocenters. The van der Waals surface area contributed by atoms with Crippen molar-refractivity contribution in [3.63, 3.8) is 0 Å². The first kappa shape index (κ1) is 38.5. The maximum atomic E-state index is 12.6. The highest BCUT2D eigenvalue weighted by Crippen LogP contribution is 2.32. The first-order valence-electron chi connectivity index (χ1n) is 14.0. The Hall–Kier alpha value is -4.71. The minimum absolute atomic E-state index is 0.0660. The molecular formula is C30H38N4O12S. The average Bonchev–Trinajstić information content (AvgIpc) is 3.55. The second-order valence-corrected chi connectivity index (χ2v) is 12.8. The van der Waals surface area contributed by atoms with Crippen molar-refractivity contribution in [3.8, 4) is 5.75 Å². The van der Waals surface area contributed by atoms with Crippen LogP contribution in [0.15, 0.2) is 48.6 Å². The quantitative estimate of drug-likeness (QED) is 0.149. The van der Waals surface area contributed by atoms with Gasteiger partial charge >= 0.3 is 0 Å². The van der Waals surface area contributed by atoms with E-state index in [0.717, 1.165) is 28.3 Å². The first-order chi connectivity index (χ1) is 21.7. The number of nitro groups is 2. The summed E-state index contributed by atoms with van der Waals surface area (Å²) in [6.07, 6.45) is 1.72. The standard InChI is InChI=1S/C15H18N2O4.C14H16N2O5.CH4O3S/c1-9-4-12(8-18)16(7-9)15(19)13-5-10(2)11(3)6-14(13)17(20)21;1-8-3-10(7-17)15(6-8)14(19)11-4-9(2)13(18)5-12(11)16(20)21;1-5(2,3)4/h5-6,12,18H,1,4,7-8H2,2-3H3;4-5,10,17-18H,1,3,6-7H2,2H3;1H3,(H,2,3,4)/t12-;10-;/m00./s1. The number of hydrogen-bond acceptors (Lipinski definition) is 11. The number of nitrogens with zero attached hydrogens (tertiary/aromatic N) is 4. The van der Waals surface area contributed by atoms with Crippen molar-refractivity contribution in [2.45, 2.75) is 45.7 Å². The van der Waals surface area contributed by atoms with E-state index in [1.165, 1.54) is 21.9 Å². The third-order valence-corrected chi connectivity index (χ3v) is 7.44. The van der Waals surface area contributed by atoms with Gasteiger partial charge in [-0.1, -0.05) is 24.3 Å². The Bertz CT molecular complexity index is 1590. The molecule has 0 unspecified atom stereocenters. The fourth-order valence-corrected chi connectivity index (χ4v) is 5.00. The van der Waals surface area contributed by atoms with Gasteiger partial charge < -0.3 is 25.1 Å². The van der Waals surface area contributed by atoms with E-state index in [1.807, 2.05) is 6.92 Å². The second kappa shape index (κ2) is 15.7. The number of carbonyl (C=O) groups is 2. The smallest absolute Gasteiger partial charge is 0.285 e. The minimum atomic E-state index is -3.67. The van der Waals surface area contributed by atoms with Crippen molar-refractivity contribution in [2.24, 2.45) is 0 Å². The Balaban J connectivity index is 0.000000286. The SMILES string of the molecule is C=C1C[C@@H](CO)N(C(=O)c2cc(C)c(C)cc2[N+](=O)[O-])C1.C=C1C[C@@H](CO)N(C(=O)c2cc(C)c(O)cc2[N+](=O)[O-])C1.CS(=O)(=O)O. The Morgan fingerprint density at radius 2 is 1.15 bits per heavy atom. The molecule has 0 saturated carbocycles. The van der Waals surface area contributed by atoms with Crippen LogP contribution in [0.1, 0.15) is 50.2 Å². The van der Waals surface area contributed by atoms with Crippen LogP contribution in [-0.2, 0) is 10.1 Å². The number of aliphatic hydroxyl groups is 2. The van der Waals surface area contributed by atoms with Crippen molar-refractivity contribution < 1.29 is 47.7 Å². The van der Waals surface area contributed by atoms with Crippen LogP contribution in [0.5, 0.6) is 5.75 Å². The molecule has 4 N–H and O–H groups in total. The number of likely N-dealkylation sites (tertiary alicyclic amines) is 2. The number of rotatable bonds is 6. The maximum absolute atomic E-state index is 12.6. The lowest BCUT2D eigenvalue weighted by Gasteiger charge is -2.22. The highest BCUT2D eigenvalue weighted by Gasteiger charge is 2.35. The molecule has 0 radical (unpaired) electrons. The first-order valence-corrected chi connectivity index (χ1v) is 15.9. The molecule has 0 aliphatic carbocycles. The summed E-state index contributed by atoms with van der Waals surface area (Å²) in [5.74, 6) is -1.20. The van der Waals surface area contributed by atoms with Crippen molar-refractivity contribution in [2.75, 3.05) is 32.6 Å². The Morgan fingerprint density at radius 1 is 0.809 bits per heavy atom. The number of amides is 2. The van der Waals surface area contributed by atoms with Gasteiger partial charge in [-0.15, -0.1) is 0 Å². The lowest BCUT2D eigenvalue weighted by molar-refractivity contribution is -0.385. The lowest BCUT2D eigenvalue weighted by Crippen LogP contribution is -2.38. The molecular weight excluding hydrogens is 640 g/mol. The molecule has 2 aromatic carbocycles. The van der Waals surface area contributed by atoms with E-state index in [-0.39, 0.29) is 48.4 Å². The minimum Gasteiger partial charge on any atom is -0.507 e. The lowest BCUT2D eigenvalue weighted by atomic mass is 10.0. The molecule has 2 aliphatic rings. The van der Waals surface area contributed by atoms with Crippen LogP contribution in [0, 0.1) is 41.0 Å². The van der Waals surface area contributed by atoms with E-state index in [4.69, 9.17) is 4.55 Å². The van der Waals surface area contributed by atoms with Gasteiger partial charge in [0.15, 0.2) is 0 Å². The monoisotopic (exact) mass is 678 g/mol. The number of hydrogen-bond donors (Lipinski definition) is 4. The Kier molecular flexibility index (Phi) is 12.9. The van der Waals surface area contributed by atoms with Gasteiger partial charge in [0.25, 0.3) is 33.3 Å². The van der Waals surface area contributed by atoms with Crippen LogP contribution in [-0.4, -0.2) is 104 Å². The van der Waals surface area contributed by atoms with Crippen molar-refractivity contribution in [1.82, 2.24) is 9.80 Å². The van der Waals surface area contributed by atoms with Gasteiger partial charge in [-0.25, -0.2) is 0 Å².